The van der Waals surface area contributed by atoms with Gasteiger partial charge in [0, 0.05) is 0 Å². The number of rotatable bonds is 4. The van der Waals surface area contributed by atoms with E-state index in [-0.39, 0.29) is 5.56 Å². The molecule has 0 amide bonds. The number of carbonyl (C=O) groups is 1. The van der Waals surface area contributed by atoms with Gasteiger partial charge in [0.05, 0.1) is 24.7 Å². The summed E-state index contributed by atoms with van der Waals surface area (Å²) in [6.45, 7) is 2.32. The van der Waals surface area contributed by atoms with Crippen LogP contribution < -0.4 is 9.47 Å². The van der Waals surface area contributed by atoms with Crippen LogP contribution >= 0.6 is 0 Å². The van der Waals surface area contributed by atoms with Crippen molar-refractivity contribution in [3.05, 3.63) is 35.9 Å². The van der Waals surface area contributed by atoms with Gasteiger partial charge in [-0.3, -0.25) is 0 Å². The van der Waals surface area contributed by atoms with Crippen molar-refractivity contribution in [3.63, 3.8) is 0 Å². The molecule has 2 rings (SSSR count). The molecule has 0 saturated carbocycles. The van der Waals surface area contributed by atoms with Crippen LogP contribution in [0.25, 0.3) is 10.8 Å². The van der Waals surface area contributed by atoms with E-state index in [1.807, 2.05) is 25.1 Å². The fourth-order valence-electron chi connectivity index (χ4n) is 1.92. The van der Waals surface area contributed by atoms with Crippen LogP contribution in [0.15, 0.2) is 30.3 Å². The van der Waals surface area contributed by atoms with Gasteiger partial charge in [0.15, 0.2) is 0 Å². The summed E-state index contributed by atoms with van der Waals surface area (Å²) in [5.41, 5.74) is 0.208. The number of benzene rings is 2. The Labute approximate surface area is 105 Å². The van der Waals surface area contributed by atoms with Gasteiger partial charge >= 0.3 is 5.97 Å². The minimum atomic E-state index is -0.972. The molecule has 0 saturated heterocycles. The second-order valence-electron chi connectivity index (χ2n) is 3.77. The molecule has 0 heterocycles. The van der Waals surface area contributed by atoms with E-state index in [0.29, 0.717) is 18.1 Å². The van der Waals surface area contributed by atoms with Gasteiger partial charge in [-0.05, 0) is 30.5 Å². The molecule has 0 radical (unpaired) electrons. The lowest BCUT2D eigenvalue weighted by Crippen LogP contribution is -2.00. The van der Waals surface area contributed by atoms with Gasteiger partial charge in [-0.2, -0.15) is 0 Å². The molecule has 94 valence electrons. The van der Waals surface area contributed by atoms with E-state index < -0.39 is 5.97 Å². The van der Waals surface area contributed by atoms with Crippen molar-refractivity contribution in [2.24, 2.45) is 0 Å². The lowest BCUT2D eigenvalue weighted by Gasteiger charge is -2.12. The highest BCUT2D eigenvalue weighted by atomic mass is 16.5. The lowest BCUT2D eigenvalue weighted by molar-refractivity contribution is 0.0696. The van der Waals surface area contributed by atoms with E-state index in [4.69, 9.17) is 14.6 Å². The average molecular weight is 246 g/mol. The molecular weight excluding hydrogens is 232 g/mol. The fraction of sp³-hybridized carbons (Fsp3) is 0.214. The van der Waals surface area contributed by atoms with E-state index in [0.717, 1.165) is 10.8 Å². The maximum absolute atomic E-state index is 11.1. The molecule has 0 atom stereocenters. The predicted octanol–water partition coefficient (Wildman–Crippen LogP) is 2.95. The number of carboxylic acid groups (broad SMARTS) is 1. The zero-order chi connectivity index (χ0) is 13.1. The fourth-order valence-corrected chi connectivity index (χ4v) is 1.92. The van der Waals surface area contributed by atoms with Gasteiger partial charge < -0.3 is 14.6 Å². The van der Waals surface area contributed by atoms with E-state index in [1.165, 1.54) is 6.07 Å². The number of hydrogen-bond acceptors (Lipinski definition) is 3. The second kappa shape index (κ2) is 4.96. The van der Waals surface area contributed by atoms with E-state index in [9.17, 15) is 4.79 Å². The van der Waals surface area contributed by atoms with Crippen molar-refractivity contribution in [2.45, 2.75) is 6.92 Å². The first-order valence-corrected chi connectivity index (χ1v) is 5.64. The third-order valence-electron chi connectivity index (χ3n) is 2.67. The third-order valence-corrected chi connectivity index (χ3v) is 2.67. The number of methoxy groups -OCH3 is 1. The predicted molar refractivity (Wildman–Crippen MR) is 68.6 cm³/mol. The van der Waals surface area contributed by atoms with Crippen LogP contribution in [0.2, 0.25) is 0 Å². The van der Waals surface area contributed by atoms with E-state index in [1.54, 1.807) is 13.2 Å². The van der Waals surface area contributed by atoms with Gasteiger partial charge in [0.1, 0.15) is 11.5 Å². The molecule has 0 unspecified atom stereocenters. The highest BCUT2D eigenvalue weighted by molar-refractivity contribution is 6.00. The second-order valence-corrected chi connectivity index (χ2v) is 3.77. The molecule has 2 aromatic carbocycles. The average Bonchev–Trinajstić information content (AvgIpc) is 2.37. The first-order valence-electron chi connectivity index (χ1n) is 5.64. The van der Waals surface area contributed by atoms with E-state index >= 15 is 0 Å². The molecule has 0 fully saturated rings. The molecule has 1 N–H and O–H groups in total. The van der Waals surface area contributed by atoms with Crippen LogP contribution in [0.3, 0.4) is 0 Å². The van der Waals surface area contributed by atoms with Crippen LogP contribution in [0, 0.1) is 0 Å². The monoisotopic (exact) mass is 246 g/mol. The summed E-state index contributed by atoms with van der Waals surface area (Å²) in [4.78, 5) is 11.1. The SMILES string of the molecule is CCOc1cc(C(=O)O)cc2cccc(OC)c12. The Hall–Kier alpha value is -2.23. The zero-order valence-electron chi connectivity index (χ0n) is 10.3. The summed E-state index contributed by atoms with van der Waals surface area (Å²) in [6, 6.07) is 8.63. The van der Waals surface area contributed by atoms with Crippen molar-refractivity contribution >= 4 is 16.7 Å². The largest absolute Gasteiger partial charge is 0.496 e. The maximum atomic E-state index is 11.1. The molecule has 18 heavy (non-hydrogen) atoms. The van der Waals surface area contributed by atoms with Gasteiger partial charge in [-0.25, -0.2) is 4.79 Å². The quantitative estimate of drug-likeness (QED) is 0.901. The standard InChI is InChI=1S/C14H14O4/c1-3-18-12-8-10(14(15)16)7-9-5-4-6-11(17-2)13(9)12/h4-8H,3H2,1-2H3,(H,15,16). The number of ether oxygens (including phenoxy) is 2. The molecule has 2 aromatic rings. The molecule has 4 heteroatoms. The van der Waals surface area contributed by atoms with Crippen molar-refractivity contribution in [2.75, 3.05) is 13.7 Å². The van der Waals surface area contributed by atoms with Crippen molar-refractivity contribution in [1.82, 2.24) is 0 Å². The first kappa shape index (κ1) is 12.2. The molecule has 0 aliphatic carbocycles. The summed E-state index contributed by atoms with van der Waals surface area (Å²) >= 11 is 0. The van der Waals surface area contributed by atoms with Crippen LogP contribution in [0.1, 0.15) is 17.3 Å². The summed E-state index contributed by atoms with van der Waals surface area (Å²) in [7, 11) is 1.58. The third kappa shape index (κ3) is 2.09. The Balaban J connectivity index is 2.76. The lowest BCUT2D eigenvalue weighted by atomic mass is 10.0. The van der Waals surface area contributed by atoms with Crippen LogP contribution in [-0.4, -0.2) is 24.8 Å². The molecular formula is C14H14O4. The van der Waals surface area contributed by atoms with Crippen LogP contribution in [0.4, 0.5) is 0 Å². The summed E-state index contributed by atoms with van der Waals surface area (Å²) < 4.78 is 10.8. The van der Waals surface area contributed by atoms with Crippen LogP contribution in [0.5, 0.6) is 11.5 Å². The number of hydrogen-bond donors (Lipinski definition) is 1. The van der Waals surface area contributed by atoms with Gasteiger partial charge in [-0.1, -0.05) is 12.1 Å². The summed E-state index contributed by atoms with van der Waals surface area (Å²) in [5.74, 6) is 0.235. The van der Waals surface area contributed by atoms with Gasteiger partial charge in [0.2, 0.25) is 0 Å². The molecule has 0 aromatic heterocycles. The topological polar surface area (TPSA) is 55.8 Å². The van der Waals surface area contributed by atoms with E-state index in [2.05, 4.69) is 0 Å². The maximum Gasteiger partial charge on any atom is 0.335 e. The smallest absolute Gasteiger partial charge is 0.335 e. The number of fused-ring (bicyclic) bond motifs is 1. The first-order chi connectivity index (χ1) is 8.67. The van der Waals surface area contributed by atoms with Crippen LogP contribution in [-0.2, 0) is 0 Å². The Morgan fingerprint density at radius 1 is 1.28 bits per heavy atom. The summed E-state index contributed by atoms with van der Waals surface area (Å²) in [6.07, 6.45) is 0. The zero-order valence-corrected chi connectivity index (χ0v) is 10.3. The molecule has 0 aliphatic heterocycles. The summed E-state index contributed by atoms with van der Waals surface area (Å²) in [5, 5.41) is 10.7. The van der Waals surface area contributed by atoms with Gasteiger partial charge in [0.25, 0.3) is 0 Å². The Morgan fingerprint density at radius 2 is 2.06 bits per heavy atom. The minimum absolute atomic E-state index is 0.208. The Kier molecular flexibility index (Phi) is 3.37. The molecule has 0 spiro atoms. The van der Waals surface area contributed by atoms with Crippen molar-refractivity contribution in [3.8, 4) is 11.5 Å². The molecule has 4 nitrogen and oxygen atoms in total. The van der Waals surface area contributed by atoms with Gasteiger partial charge in [-0.15, -0.1) is 0 Å². The molecule has 0 bridgehead atoms. The normalized spacial score (nSPS) is 10.3. The van der Waals surface area contributed by atoms with Crippen molar-refractivity contribution < 1.29 is 19.4 Å². The number of carboxylic acids is 1. The number of aromatic carboxylic acids is 1. The Bertz CT molecular complexity index is 590. The highest BCUT2D eigenvalue weighted by Crippen LogP contribution is 2.35. The minimum Gasteiger partial charge on any atom is -0.496 e. The highest BCUT2D eigenvalue weighted by Gasteiger charge is 2.13. The molecule has 0 aliphatic rings. The van der Waals surface area contributed by atoms with Crippen molar-refractivity contribution in [1.29, 1.82) is 0 Å². The Morgan fingerprint density at radius 3 is 2.67 bits per heavy atom.